The van der Waals surface area contributed by atoms with Gasteiger partial charge in [0.25, 0.3) is 0 Å². The van der Waals surface area contributed by atoms with Crippen LogP contribution < -0.4 is 0 Å². The molecule has 0 radical (unpaired) electrons. The average Bonchev–Trinajstić information content (AvgIpc) is 3.09. The quantitative estimate of drug-likeness (QED) is 0.793. The van der Waals surface area contributed by atoms with Crippen molar-refractivity contribution in [2.24, 2.45) is 0 Å². The fourth-order valence-corrected chi connectivity index (χ4v) is 3.15. The number of aliphatic hydroxyl groups excluding tert-OH is 1. The highest BCUT2D eigenvalue weighted by atomic mass is 16.5. The van der Waals surface area contributed by atoms with E-state index >= 15 is 0 Å². The number of morpholine rings is 1. The van der Waals surface area contributed by atoms with Crippen molar-refractivity contribution in [2.45, 2.75) is 51.3 Å². The fourth-order valence-electron chi connectivity index (χ4n) is 3.15. The topological polar surface area (TPSA) is 71.6 Å². The third-order valence-corrected chi connectivity index (χ3v) is 4.63. The maximum Gasteiger partial charge on any atom is 0.240 e. The third-order valence-electron chi connectivity index (χ3n) is 4.63. The molecule has 2 unspecified atom stereocenters. The van der Waals surface area contributed by atoms with Crippen LogP contribution in [0.5, 0.6) is 0 Å². The third kappa shape index (κ3) is 5.11. The van der Waals surface area contributed by atoms with Gasteiger partial charge < -0.3 is 14.4 Å². The van der Waals surface area contributed by atoms with Gasteiger partial charge in [-0.3, -0.25) is 4.90 Å². The SMILES string of the molecule is CCCCc1noc(CN2CCOCC2CC(O)c2ccccc2)n1. The largest absolute Gasteiger partial charge is 0.388 e. The van der Waals surface area contributed by atoms with Crippen molar-refractivity contribution in [1.82, 2.24) is 15.0 Å². The van der Waals surface area contributed by atoms with Crippen LogP contribution in [0.2, 0.25) is 0 Å². The van der Waals surface area contributed by atoms with E-state index in [2.05, 4.69) is 22.0 Å². The minimum atomic E-state index is -0.502. The van der Waals surface area contributed by atoms with Crippen molar-refractivity contribution in [3.63, 3.8) is 0 Å². The number of rotatable bonds is 8. The highest BCUT2D eigenvalue weighted by Crippen LogP contribution is 2.23. The Balaban J connectivity index is 1.59. The summed E-state index contributed by atoms with van der Waals surface area (Å²) in [5, 5.41) is 14.6. The lowest BCUT2D eigenvalue weighted by Gasteiger charge is -2.35. The van der Waals surface area contributed by atoms with Gasteiger partial charge in [0, 0.05) is 19.0 Å². The molecule has 0 saturated carbocycles. The van der Waals surface area contributed by atoms with Crippen LogP contribution in [-0.4, -0.2) is 45.9 Å². The minimum absolute atomic E-state index is 0.134. The lowest BCUT2D eigenvalue weighted by molar-refractivity contribution is -0.0335. The molecule has 1 saturated heterocycles. The number of aliphatic hydroxyl groups is 1. The van der Waals surface area contributed by atoms with E-state index in [4.69, 9.17) is 9.26 Å². The number of hydrogen-bond donors (Lipinski definition) is 1. The Morgan fingerprint density at radius 1 is 1.32 bits per heavy atom. The molecular formula is C19H27N3O3. The highest BCUT2D eigenvalue weighted by Gasteiger charge is 2.27. The number of nitrogens with zero attached hydrogens (tertiary/aromatic N) is 3. The van der Waals surface area contributed by atoms with E-state index in [0.29, 0.717) is 32.1 Å². The fraction of sp³-hybridized carbons (Fsp3) is 0.579. The standard InChI is InChI=1S/C19H27N3O3/c1-2-3-9-18-20-19(25-21-18)13-22-10-11-24-14-16(22)12-17(23)15-7-5-4-6-8-15/h4-8,16-17,23H,2-3,9-14H2,1H3. The van der Waals surface area contributed by atoms with Crippen molar-refractivity contribution >= 4 is 0 Å². The Morgan fingerprint density at radius 3 is 2.96 bits per heavy atom. The molecule has 6 heteroatoms. The highest BCUT2D eigenvalue weighted by molar-refractivity contribution is 5.17. The molecule has 1 aliphatic rings. The van der Waals surface area contributed by atoms with E-state index in [1.807, 2.05) is 30.3 Å². The molecule has 0 amide bonds. The minimum Gasteiger partial charge on any atom is -0.388 e. The summed E-state index contributed by atoms with van der Waals surface area (Å²) in [4.78, 5) is 6.76. The molecule has 0 spiro atoms. The maximum atomic E-state index is 10.5. The maximum absolute atomic E-state index is 10.5. The van der Waals surface area contributed by atoms with Gasteiger partial charge in [0.05, 0.1) is 25.9 Å². The van der Waals surface area contributed by atoms with Crippen LogP contribution in [0.3, 0.4) is 0 Å². The van der Waals surface area contributed by atoms with Crippen LogP contribution in [0.1, 0.15) is 49.6 Å². The summed E-state index contributed by atoms with van der Waals surface area (Å²) < 4.78 is 11.0. The van der Waals surface area contributed by atoms with E-state index in [1.54, 1.807) is 0 Å². The molecule has 25 heavy (non-hydrogen) atoms. The lowest BCUT2D eigenvalue weighted by atomic mass is 10.0. The van der Waals surface area contributed by atoms with Crippen molar-refractivity contribution in [2.75, 3.05) is 19.8 Å². The molecule has 3 rings (SSSR count). The van der Waals surface area contributed by atoms with Gasteiger partial charge in [-0.05, 0) is 18.4 Å². The van der Waals surface area contributed by atoms with Gasteiger partial charge in [0.15, 0.2) is 5.82 Å². The summed E-state index contributed by atoms with van der Waals surface area (Å²) in [7, 11) is 0. The van der Waals surface area contributed by atoms with Gasteiger partial charge in [0.1, 0.15) is 0 Å². The van der Waals surface area contributed by atoms with Crippen molar-refractivity contribution < 1.29 is 14.4 Å². The van der Waals surface area contributed by atoms with Crippen LogP contribution in [0.25, 0.3) is 0 Å². The van der Waals surface area contributed by atoms with Crippen molar-refractivity contribution in [3.8, 4) is 0 Å². The molecule has 2 heterocycles. The van der Waals surface area contributed by atoms with Crippen LogP contribution in [0.4, 0.5) is 0 Å². The van der Waals surface area contributed by atoms with E-state index in [0.717, 1.165) is 37.2 Å². The first-order chi connectivity index (χ1) is 12.3. The van der Waals surface area contributed by atoms with Crippen LogP contribution in [-0.2, 0) is 17.7 Å². The number of unbranched alkanes of at least 4 members (excludes halogenated alkanes) is 1. The molecule has 2 atom stereocenters. The first-order valence-electron chi connectivity index (χ1n) is 9.12. The Morgan fingerprint density at radius 2 is 2.16 bits per heavy atom. The van der Waals surface area contributed by atoms with Gasteiger partial charge in [0.2, 0.25) is 5.89 Å². The second kappa shape index (κ2) is 9.08. The second-order valence-corrected chi connectivity index (χ2v) is 6.57. The van der Waals surface area contributed by atoms with Gasteiger partial charge >= 0.3 is 0 Å². The zero-order chi connectivity index (χ0) is 17.5. The first-order valence-corrected chi connectivity index (χ1v) is 9.12. The normalized spacial score (nSPS) is 19.8. The van der Waals surface area contributed by atoms with Gasteiger partial charge in [-0.25, -0.2) is 0 Å². The number of benzene rings is 1. The molecule has 6 nitrogen and oxygen atoms in total. The van der Waals surface area contributed by atoms with Gasteiger partial charge in [-0.2, -0.15) is 4.98 Å². The molecule has 1 aliphatic heterocycles. The molecule has 136 valence electrons. The summed E-state index contributed by atoms with van der Waals surface area (Å²) in [5.41, 5.74) is 0.938. The van der Waals surface area contributed by atoms with E-state index in [9.17, 15) is 5.11 Å². The number of hydrogen-bond acceptors (Lipinski definition) is 6. The molecule has 0 bridgehead atoms. The second-order valence-electron chi connectivity index (χ2n) is 6.57. The van der Waals surface area contributed by atoms with Crippen molar-refractivity contribution in [1.29, 1.82) is 0 Å². The molecule has 1 aromatic heterocycles. The zero-order valence-corrected chi connectivity index (χ0v) is 14.8. The monoisotopic (exact) mass is 345 g/mol. The van der Waals surface area contributed by atoms with Crippen LogP contribution in [0.15, 0.2) is 34.9 Å². The number of aryl methyl sites for hydroxylation is 1. The van der Waals surface area contributed by atoms with Gasteiger partial charge in [-0.1, -0.05) is 48.8 Å². The first kappa shape index (κ1) is 18.0. The predicted molar refractivity (Wildman–Crippen MR) is 93.9 cm³/mol. The molecular weight excluding hydrogens is 318 g/mol. The molecule has 2 aromatic rings. The summed E-state index contributed by atoms with van der Waals surface area (Å²) in [6.45, 7) is 4.86. The van der Waals surface area contributed by atoms with E-state index < -0.39 is 6.10 Å². The Kier molecular flexibility index (Phi) is 6.55. The smallest absolute Gasteiger partial charge is 0.240 e. The Labute approximate surface area is 148 Å². The van der Waals surface area contributed by atoms with Crippen molar-refractivity contribution in [3.05, 3.63) is 47.6 Å². The lowest BCUT2D eigenvalue weighted by Crippen LogP contribution is -2.45. The predicted octanol–water partition coefficient (Wildman–Crippen LogP) is 2.74. The number of aromatic nitrogens is 2. The summed E-state index contributed by atoms with van der Waals surface area (Å²) in [6, 6.07) is 9.90. The molecule has 1 aromatic carbocycles. The number of ether oxygens (including phenoxy) is 1. The summed E-state index contributed by atoms with van der Waals surface area (Å²) >= 11 is 0. The summed E-state index contributed by atoms with van der Waals surface area (Å²) in [5.74, 6) is 1.43. The average molecular weight is 345 g/mol. The Hall–Kier alpha value is -1.76. The molecule has 1 N–H and O–H groups in total. The molecule has 0 aliphatic carbocycles. The summed E-state index contributed by atoms with van der Waals surface area (Å²) in [6.07, 6.45) is 3.17. The van der Waals surface area contributed by atoms with Crippen LogP contribution >= 0.6 is 0 Å². The molecule has 1 fully saturated rings. The zero-order valence-electron chi connectivity index (χ0n) is 14.8. The van der Waals surface area contributed by atoms with E-state index in [1.165, 1.54) is 0 Å². The van der Waals surface area contributed by atoms with Crippen LogP contribution in [0, 0.1) is 0 Å². The van der Waals surface area contributed by atoms with Gasteiger partial charge in [-0.15, -0.1) is 0 Å². The Bertz CT molecular complexity index is 632. The van der Waals surface area contributed by atoms with E-state index in [-0.39, 0.29) is 6.04 Å².